The van der Waals surface area contributed by atoms with Crippen molar-refractivity contribution in [3.63, 3.8) is 0 Å². The minimum Gasteiger partial charge on any atom is -0.356 e. The standard InChI is InChI=1S/C14H15N3O2/c1-9-12(8-18)17-10(2)13(9)14(19)16-7-11-3-5-15-6-4-11/h3-6,8,17H,7H2,1-2H3,(H,16,19). The number of carbonyl (C=O) groups excluding carboxylic acids is 2. The number of aryl methyl sites for hydroxylation is 1. The van der Waals surface area contributed by atoms with Gasteiger partial charge in [-0.1, -0.05) is 0 Å². The summed E-state index contributed by atoms with van der Waals surface area (Å²) in [6, 6.07) is 3.68. The summed E-state index contributed by atoms with van der Waals surface area (Å²) in [4.78, 5) is 29.8. The second-order valence-electron chi connectivity index (χ2n) is 4.32. The quantitative estimate of drug-likeness (QED) is 0.820. The zero-order valence-corrected chi connectivity index (χ0v) is 10.9. The Hall–Kier alpha value is -2.43. The molecule has 2 heterocycles. The van der Waals surface area contributed by atoms with Crippen LogP contribution in [0.25, 0.3) is 0 Å². The molecule has 2 N–H and O–H groups in total. The lowest BCUT2D eigenvalue weighted by Gasteiger charge is -2.05. The van der Waals surface area contributed by atoms with Gasteiger partial charge in [0.15, 0.2) is 6.29 Å². The molecule has 5 heteroatoms. The first kappa shape index (κ1) is 13.0. The zero-order chi connectivity index (χ0) is 13.8. The summed E-state index contributed by atoms with van der Waals surface area (Å²) < 4.78 is 0. The molecule has 0 aromatic carbocycles. The van der Waals surface area contributed by atoms with Crippen LogP contribution in [0, 0.1) is 13.8 Å². The van der Waals surface area contributed by atoms with E-state index in [1.807, 2.05) is 12.1 Å². The molecular formula is C14H15N3O2. The second kappa shape index (κ2) is 5.48. The highest BCUT2D eigenvalue weighted by atomic mass is 16.1. The van der Waals surface area contributed by atoms with E-state index >= 15 is 0 Å². The Kier molecular flexibility index (Phi) is 3.75. The Balaban J connectivity index is 2.12. The van der Waals surface area contributed by atoms with Crippen LogP contribution in [0.15, 0.2) is 24.5 Å². The van der Waals surface area contributed by atoms with Gasteiger partial charge in [-0.05, 0) is 37.1 Å². The molecule has 0 atom stereocenters. The fourth-order valence-corrected chi connectivity index (χ4v) is 2.00. The lowest BCUT2D eigenvalue weighted by atomic mass is 10.1. The smallest absolute Gasteiger partial charge is 0.253 e. The number of hydrogen-bond acceptors (Lipinski definition) is 3. The van der Waals surface area contributed by atoms with Gasteiger partial charge in [0.05, 0.1) is 11.3 Å². The van der Waals surface area contributed by atoms with E-state index in [9.17, 15) is 9.59 Å². The Morgan fingerprint density at radius 2 is 2.05 bits per heavy atom. The molecule has 5 nitrogen and oxygen atoms in total. The summed E-state index contributed by atoms with van der Waals surface area (Å²) in [5.41, 5.74) is 3.35. The fraction of sp³-hybridized carbons (Fsp3) is 0.214. The third kappa shape index (κ3) is 2.70. The molecule has 0 saturated carbocycles. The number of carbonyl (C=O) groups is 2. The van der Waals surface area contributed by atoms with Crippen molar-refractivity contribution in [2.45, 2.75) is 20.4 Å². The summed E-state index contributed by atoms with van der Waals surface area (Å²) in [6.45, 7) is 3.97. The van der Waals surface area contributed by atoms with Gasteiger partial charge in [-0.25, -0.2) is 0 Å². The Morgan fingerprint density at radius 3 is 2.63 bits per heavy atom. The topological polar surface area (TPSA) is 74.8 Å². The van der Waals surface area contributed by atoms with Crippen molar-refractivity contribution in [1.82, 2.24) is 15.3 Å². The van der Waals surface area contributed by atoms with Gasteiger partial charge in [-0.2, -0.15) is 0 Å². The molecule has 2 aromatic rings. The van der Waals surface area contributed by atoms with E-state index in [-0.39, 0.29) is 5.91 Å². The normalized spacial score (nSPS) is 10.2. The molecule has 98 valence electrons. The number of rotatable bonds is 4. The van der Waals surface area contributed by atoms with Crippen LogP contribution in [0.2, 0.25) is 0 Å². The fourth-order valence-electron chi connectivity index (χ4n) is 2.00. The van der Waals surface area contributed by atoms with Gasteiger partial charge >= 0.3 is 0 Å². The van der Waals surface area contributed by atoms with E-state index < -0.39 is 0 Å². The van der Waals surface area contributed by atoms with Crippen molar-refractivity contribution < 1.29 is 9.59 Å². The molecule has 0 saturated heterocycles. The molecule has 1 amide bonds. The summed E-state index contributed by atoms with van der Waals surface area (Å²) >= 11 is 0. The van der Waals surface area contributed by atoms with Crippen LogP contribution < -0.4 is 5.32 Å². The highest BCUT2D eigenvalue weighted by Crippen LogP contribution is 2.16. The van der Waals surface area contributed by atoms with Crippen LogP contribution in [0.3, 0.4) is 0 Å². The third-order valence-corrected chi connectivity index (χ3v) is 3.02. The van der Waals surface area contributed by atoms with Crippen molar-refractivity contribution in [3.8, 4) is 0 Å². The molecule has 0 aliphatic rings. The maximum atomic E-state index is 12.1. The predicted molar refractivity (Wildman–Crippen MR) is 71.1 cm³/mol. The lowest BCUT2D eigenvalue weighted by molar-refractivity contribution is 0.0950. The van der Waals surface area contributed by atoms with Crippen molar-refractivity contribution in [3.05, 3.63) is 52.6 Å². The van der Waals surface area contributed by atoms with E-state index in [0.29, 0.717) is 29.1 Å². The van der Waals surface area contributed by atoms with E-state index in [1.54, 1.807) is 26.2 Å². The Morgan fingerprint density at radius 1 is 1.37 bits per heavy atom. The summed E-state index contributed by atoms with van der Waals surface area (Å²) in [6.07, 6.45) is 4.08. The van der Waals surface area contributed by atoms with Crippen LogP contribution in [0.5, 0.6) is 0 Å². The number of aromatic amines is 1. The van der Waals surface area contributed by atoms with Gasteiger partial charge in [0.25, 0.3) is 5.91 Å². The van der Waals surface area contributed by atoms with Gasteiger partial charge in [-0.3, -0.25) is 14.6 Å². The zero-order valence-electron chi connectivity index (χ0n) is 10.9. The summed E-state index contributed by atoms with van der Waals surface area (Å²) in [5.74, 6) is -0.184. The maximum Gasteiger partial charge on any atom is 0.253 e. The van der Waals surface area contributed by atoms with Crippen LogP contribution in [-0.2, 0) is 6.54 Å². The number of amides is 1. The van der Waals surface area contributed by atoms with Crippen LogP contribution in [0.1, 0.15) is 37.7 Å². The van der Waals surface area contributed by atoms with Crippen LogP contribution in [-0.4, -0.2) is 22.2 Å². The highest BCUT2D eigenvalue weighted by Gasteiger charge is 2.17. The van der Waals surface area contributed by atoms with Crippen LogP contribution >= 0.6 is 0 Å². The lowest BCUT2D eigenvalue weighted by Crippen LogP contribution is -2.23. The molecule has 0 aliphatic heterocycles. The number of aromatic nitrogens is 2. The minimum atomic E-state index is -0.184. The van der Waals surface area contributed by atoms with E-state index in [1.165, 1.54) is 0 Å². The number of pyridine rings is 1. The minimum absolute atomic E-state index is 0.184. The number of aldehydes is 1. The predicted octanol–water partition coefficient (Wildman–Crippen LogP) is 1.77. The number of nitrogens with one attached hydrogen (secondary N) is 2. The highest BCUT2D eigenvalue weighted by molar-refractivity contribution is 5.99. The maximum absolute atomic E-state index is 12.1. The van der Waals surface area contributed by atoms with E-state index in [2.05, 4.69) is 15.3 Å². The van der Waals surface area contributed by atoms with Crippen molar-refractivity contribution >= 4 is 12.2 Å². The van der Waals surface area contributed by atoms with Crippen molar-refractivity contribution in [2.75, 3.05) is 0 Å². The number of nitrogens with zero attached hydrogens (tertiary/aromatic N) is 1. The monoisotopic (exact) mass is 257 g/mol. The number of H-pyrrole nitrogens is 1. The molecule has 0 aliphatic carbocycles. The van der Waals surface area contributed by atoms with Crippen LogP contribution in [0.4, 0.5) is 0 Å². The molecule has 19 heavy (non-hydrogen) atoms. The first-order valence-corrected chi connectivity index (χ1v) is 5.95. The molecule has 0 fully saturated rings. The van der Waals surface area contributed by atoms with Gasteiger partial charge in [-0.15, -0.1) is 0 Å². The van der Waals surface area contributed by atoms with Gasteiger partial charge < -0.3 is 10.3 Å². The molecule has 0 bridgehead atoms. The van der Waals surface area contributed by atoms with Crippen molar-refractivity contribution in [1.29, 1.82) is 0 Å². The third-order valence-electron chi connectivity index (χ3n) is 3.02. The van der Waals surface area contributed by atoms with Gasteiger partial charge in [0, 0.05) is 24.6 Å². The molecule has 0 unspecified atom stereocenters. The SMILES string of the molecule is Cc1[nH]c(C=O)c(C)c1C(=O)NCc1ccncc1. The molecule has 0 radical (unpaired) electrons. The Bertz CT molecular complexity index is 603. The molecule has 2 aromatic heterocycles. The molecule has 2 rings (SSSR count). The summed E-state index contributed by atoms with van der Waals surface area (Å²) in [5, 5.41) is 2.83. The Labute approximate surface area is 111 Å². The van der Waals surface area contributed by atoms with Crippen molar-refractivity contribution in [2.24, 2.45) is 0 Å². The average Bonchev–Trinajstić information content (AvgIpc) is 2.72. The molecular weight excluding hydrogens is 242 g/mol. The largest absolute Gasteiger partial charge is 0.356 e. The molecule has 0 spiro atoms. The van der Waals surface area contributed by atoms with Gasteiger partial charge in [0.2, 0.25) is 0 Å². The summed E-state index contributed by atoms with van der Waals surface area (Å²) in [7, 11) is 0. The first-order valence-electron chi connectivity index (χ1n) is 5.95. The average molecular weight is 257 g/mol. The van der Waals surface area contributed by atoms with E-state index in [4.69, 9.17) is 0 Å². The second-order valence-corrected chi connectivity index (χ2v) is 4.32. The number of hydrogen-bond donors (Lipinski definition) is 2. The van der Waals surface area contributed by atoms with Gasteiger partial charge in [0.1, 0.15) is 0 Å². The van der Waals surface area contributed by atoms with E-state index in [0.717, 1.165) is 11.8 Å². The first-order chi connectivity index (χ1) is 9.13.